The van der Waals surface area contributed by atoms with Crippen LogP contribution in [-0.4, -0.2) is 35.4 Å². The lowest BCUT2D eigenvalue weighted by Crippen LogP contribution is -2.45. The molecule has 2 rings (SSSR count). The molecule has 0 atom stereocenters. The normalized spacial score (nSPS) is 12.1. The van der Waals surface area contributed by atoms with Gasteiger partial charge in [0, 0.05) is 5.56 Å². The third kappa shape index (κ3) is 2.47. The van der Waals surface area contributed by atoms with Crippen LogP contribution in [0.3, 0.4) is 0 Å². The maximum atomic E-state index is 12.5. The van der Waals surface area contributed by atoms with E-state index >= 15 is 0 Å². The highest BCUT2D eigenvalue weighted by Crippen LogP contribution is 2.24. The van der Waals surface area contributed by atoms with Gasteiger partial charge < -0.3 is 5.11 Å². The van der Waals surface area contributed by atoms with Gasteiger partial charge in [0.2, 0.25) is 0 Å². The van der Waals surface area contributed by atoms with Crippen LogP contribution in [0.2, 0.25) is 0 Å². The Morgan fingerprint density at radius 2 is 1.63 bits per heavy atom. The molecular weight excluding hydrogens is 238 g/mol. The Labute approximate surface area is 113 Å². The number of aromatic hydroxyl groups is 1. The fourth-order valence-corrected chi connectivity index (χ4v) is 1.93. The molecule has 0 heterocycles. The first kappa shape index (κ1) is 13.6. The zero-order valence-electron chi connectivity index (χ0n) is 11.8. The molecule has 0 aliphatic carbocycles. The minimum Gasteiger partial charge on any atom is -0.508 e. The molecule has 0 amide bonds. The molecule has 0 bridgehead atoms. The quantitative estimate of drug-likeness (QED) is 0.859. The van der Waals surface area contributed by atoms with Gasteiger partial charge in [-0.25, -0.2) is 0 Å². The minimum atomic E-state index is -0.537. The second-order valence-corrected chi connectivity index (χ2v) is 5.53. The fourth-order valence-electron chi connectivity index (χ4n) is 1.93. The molecule has 19 heavy (non-hydrogen) atoms. The highest BCUT2D eigenvalue weighted by molar-refractivity contribution is 6.05. The van der Waals surface area contributed by atoms with Gasteiger partial charge in [-0.3, -0.25) is 9.69 Å². The van der Waals surface area contributed by atoms with Crippen molar-refractivity contribution in [1.82, 2.24) is 4.90 Å². The summed E-state index contributed by atoms with van der Waals surface area (Å²) in [7, 11) is 3.80. The molecule has 0 fully saturated rings. The second-order valence-electron chi connectivity index (χ2n) is 5.53. The maximum absolute atomic E-state index is 12.5. The second kappa shape index (κ2) is 4.67. The van der Waals surface area contributed by atoms with Crippen LogP contribution in [0.5, 0.6) is 5.75 Å². The first-order chi connectivity index (χ1) is 8.82. The molecule has 0 radical (unpaired) electrons. The molecule has 3 nitrogen and oxygen atoms in total. The molecule has 0 aromatic heterocycles. The molecule has 100 valence electrons. The van der Waals surface area contributed by atoms with Crippen LogP contribution in [0.4, 0.5) is 0 Å². The Balaban J connectivity index is 2.47. The summed E-state index contributed by atoms with van der Waals surface area (Å²) in [5, 5.41) is 11.3. The maximum Gasteiger partial charge on any atom is 0.182 e. The van der Waals surface area contributed by atoms with Crippen LogP contribution in [0.1, 0.15) is 24.2 Å². The summed E-state index contributed by atoms with van der Waals surface area (Å²) in [4.78, 5) is 14.4. The highest BCUT2D eigenvalue weighted by atomic mass is 16.3. The number of fused-ring (bicyclic) bond motifs is 1. The third-order valence-corrected chi connectivity index (χ3v) is 3.76. The monoisotopic (exact) mass is 257 g/mol. The summed E-state index contributed by atoms with van der Waals surface area (Å²) in [6, 6.07) is 10.7. The van der Waals surface area contributed by atoms with Crippen molar-refractivity contribution in [2.45, 2.75) is 19.4 Å². The number of Topliss-reactive ketones (excluding diaryl/α,β-unsaturated/α-hetero) is 1. The van der Waals surface area contributed by atoms with Crippen molar-refractivity contribution in [3.05, 3.63) is 42.0 Å². The fraction of sp³-hybridized carbons (Fsp3) is 0.312. The Hall–Kier alpha value is -1.87. The van der Waals surface area contributed by atoms with Gasteiger partial charge in [-0.15, -0.1) is 0 Å². The molecule has 0 aliphatic rings. The van der Waals surface area contributed by atoms with E-state index in [0.717, 1.165) is 10.8 Å². The topological polar surface area (TPSA) is 40.5 Å². The number of benzene rings is 2. The lowest BCUT2D eigenvalue weighted by molar-refractivity contribution is 0.0755. The van der Waals surface area contributed by atoms with E-state index in [9.17, 15) is 9.90 Å². The van der Waals surface area contributed by atoms with E-state index in [-0.39, 0.29) is 11.5 Å². The van der Waals surface area contributed by atoms with E-state index in [1.807, 2.05) is 57.1 Å². The number of hydrogen-bond donors (Lipinski definition) is 1. The van der Waals surface area contributed by atoms with Crippen LogP contribution in [0.25, 0.3) is 10.8 Å². The van der Waals surface area contributed by atoms with Gasteiger partial charge in [0.05, 0.1) is 5.54 Å². The molecule has 1 N–H and O–H groups in total. The zero-order valence-corrected chi connectivity index (χ0v) is 11.8. The molecule has 0 saturated heterocycles. The first-order valence-electron chi connectivity index (χ1n) is 6.27. The number of hydrogen-bond acceptors (Lipinski definition) is 3. The number of likely N-dealkylation sites (N-methyl/N-ethyl adjacent to an activating group) is 1. The third-order valence-electron chi connectivity index (χ3n) is 3.76. The number of phenols is 1. The summed E-state index contributed by atoms with van der Waals surface area (Å²) < 4.78 is 0. The van der Waals surface area contributed by atoms with Gasteiger partial charge in [-0.2, -0.15) is 0 Å². The molecule has 3 heteroatoms. The van der Waals surface area contributed by atoms with Crippen molar-refractivity contribution in [2.24, 2.45) is 0 Å². The molecule has 0 aliphatic heterocycles. The van der Waals surface area contributed by atoms with Gasteiger partial charge in [0.15, 0.2) is 5.78 Å². The van der Waals surface area contributed by atoms with Gasteiger partial charge in [-0.1, -0.05) is 18.2 Å². The minimum absolute atomic E-state index is 0.0903. The first-order valence-corrected chi connectivity index (χ1v) is 6.27. The average Bonchev–Trinajstić information content (AvgIpc) is 2.37. The summed E-state index contributed by atoms with van der Waals surface area (Å²) in [5.41, 5.74) is 0.154. The lowest BCUT2D eigenvalue weighted by atomic mass is 9.91. The Bertz CT molecular complexity index is 630. The van der Waals surface area contributed by atoms with Crippen LogP contribution >= 0.6 is 0 Å². The Morgan fingerprint density at radius 3 is 2.26 bits per heavy atom. The Kier molecular flexibility index (Phi) is 3.33. The molecule has 0 saturated carbocycles. The van der Waals surface area contributed by atoms with E-state index in [2.05, 4.69) is 0 Å². The van der Waals surface area contributed by atoms with E-state index in [4.69, 9.17) is 0 Å². The lowest BCUT2D eigenvalue weighted by Gasteiger charge is -2.31. The van der Waals surface area contributed by atoms with Crippen molar-refractivity contribution in [3.8, 4) is 5.75 Å². The van der Waals surface area contributed by atoms with Gasteiger partial charge in [0.25, 0.3) is 0 Å². The Morgan fingerprint density at radius 1 is 1.05 bits per heavy atom. The molecular formula is C16H19NO2. The van der Waals surface area contributed by atoms with Crippen molar-refractivity contribution in [2.75, 3.05) is 14.1 Å². The van der Waals surface area contributed by atoms with Crippen molar-refractivity contribution in [1.29, 1.82) is 0 Å². The van der Waals surface area contributed by atoms with Gasteiger partial charge in [0.1, 0.15) is 5.75 Å². The molecule has 0 unspecified atom stereocenters. The predicted molar refractivity (Wildman–Crippen MR) is 77.7 cm³/mol. The van der Waals surface area contributed by atoms with E-state index < -0.39 is 5.54 Å². The van der Waals surface area contributed by atoms with Crippen molar-refractivity contribution in [3.63, 3.8) is 0 Å². The van der Waals surface area contributed by atoms with E-state index in [1.54, 1.807) is 12.1 Å². The average molecular weight is 257 g/mol. The van der Waals surface area contributed by atoms with Crippen molar-refractivity contribution < 1.29 is 9.90 Å². The summed E-state index contributed by atoms with van der Waals surface area (Å²) in [5.74, 6) is 0.327. The molecule has 0 spiro atoms. The number of carbonyl (C=O) groups is 1. The van der Waals surface area contributed by atoms with E-state index in [1.165, 1.54) is 0 Å². The number of nitrogens with zero attached hydrogens (tertiary/aromatic N) is 1. The standard InChI is InChI=1S/C16H19NO2/c1-16(2,17(3)4)15(19)13-6-5-12-10-14(18)8-7-11(12)9-13/h5-10,18H,1-4H3. The van der Waals surface area contributed by atoms with Crippen molar-refractivity contribution >= 4 is 16.6 Å². The molecule has 2 aromatic rings. The zero-order chi connectivity index (χ0) is 14.2. The SMILES string of the molecule is CN(C)C(C)(C)C(=O)c1ccc2cc(O)ccc2c1. The number of phenolic OH excluding ortho intramolecular Hbond substituents is 1. The summed E-state index contributed by atoms with van der Waals surface area (Å²) in [6.07, 6.45) is 0. The van der Waals surface area contributed by atoms with Crippen LogP contribution < -0.4 is 0 Å². The highest BCUT2D eigenvalue weighted by Gasteiger charge is 2.30. The number of carbonyl (C=O) groups excluding carboxylic acids is 1. The smallest absolute Gasteiger partial charge is 0.182 e. The largest absolute Gasteiger partial charge is 0.508 e. The van der Waals surface area contributed by atoms with E-state index in [0.29, 0.717) is 5.56 Å². The predicted octanol–water partition coefficient (Wildman–Crippen LogP) is 3.07. The number of ketones is 1. The van der Waals surface area contributed by atoms with Crippen LogP contribution in [0, 0.1) is 0 Å². The van der Waals surface area contributed by atoms with Crippen LogP contribution in [-0.2, 0) is 0 Å². The van der Waals surface area contributed by atoms with Gasteiger partial charge in [-0.05, 0) is 56.9 Å². The number of rotatable bonds is 3. The summed E-state index contributed by atoms with van der Waals surface area (Å²) in [6.45, 7) is 3.83. The molecule has 2 aromatic carbocycles. The summed E-state index contributed by atoms with van der Waals surface area (Å²) >= 11 is 0. The van der Waals surface area contributed by atoms with Crippen LogP contribution in [0.15, 0.2) is 36.4 Å². The van der Waals surface area contributed by atoms with Gasteiger partial charge >= 0.3 is 0 Å².